The quantitative estimate of drug-likeness (QED) is 0.400. The van der Waals surface area contributed by atoms with Gasteiger partial charge < -0.3 is 24.8 Å². The summed E-state index contributed by atoms with van der Waals surface area (Å²) in [6.45, 7) is 2.75. The Morgan fingerprint density at radius 3 is 2.51 bits per heavy atom. The number of anilines is 2. The maximum Gasteiger partial charge on any atom is 0.330 e. The van der Waals surface area contributed by atoms with Crippen molar-refractivity contribution in [1.82, 2.24) is 15.3 Å². The molecule has 8 rings (SSSR count). The molecule has 4 aliphatic carbocycles. The van der Waals surface area contributed by atoms with E-state index >= 15 is 0 Å². The summed E-state index contributed by atoms with van der Waals surface area (Å²) in [6.07, 6.45) is 5.96. The van der Waals surface area contributed by atoms with Crippen molar-refractivity contribution in [3.63, 3.8) is 0 Å². The SMILES string of the molecule is O=C(NC1(C(=O)O)C2CC3CC(C2)CC1C3)c1cnc(N2CCc3cc(OCCC4CCOCC4)ccc32)nc1C(F)F. The number of ether oxygens (including phenoxy) is 2. The fourth-order valence-corrected chi connectivity index (χ4v) is 8.70. The maximum absolute atomic E-state index is 14.3. The Hall–Kier alpha value is -3.34. The van der Waals surface area contributed by atoms with E-state index in [1.807, 2.05) is 18.2 Å². The molecule has 3 heterocycles. The molecule has 230 valence electrons. The van der Waals surface area contributed by atoms with Crippen LogP contribution in [0.15, 0.2) is 24.4 Å². The van der Waals surface area contributed by atoms with Crippen LogP contribution < -0.4 is 15.0 Å². The first-order valence-electron chi connectivity index (χ1n) is 15.6. The minimum Gasteiger partial charge on any atom is -0.494 e. The molecule has 0 spiro atoms. The van der Waals surface area contributed by atoms with Gasteiger partial charge in [0.1, 0.15) is 17.0 Å². The van der Waals surface area contributed by atoms with Gasteiger partial charge in [-0.2, -0.15) is 0 Å². The number of benzene rings is 1. The molecule has 43 heavy (non-hydrogen) atoms. The molecule has 0 radical (unpaired) electrons. The summed E-state index contributed by atoms with van der Waals surface area (Å²) in [5, 5.41) is 13.1. The number of halogens is 2. The minimum atomic E-state index is -3.03. The van der Waals surface area contributed by atoms with E-state index in [1.54, 1.807) is 4.90 Å². The number of rotatable bonds is 9. The molecule has 0 atom stereocenters. The number of aromatic nitrogens is 2. The number of fused-ring (bicyclic) bond motifs is 1. The molecule has 1 amide bonds. The Labute approximate surface area is 249 Å². The van der Waals surface area contributed by atoms with Gasteiger partial charge in [0.05, 0.1) is 12.2 Å². The fraction of sp³-hybridized carbons (Fsp3) is 0.625. The lowest BCUT2D eigenvalue weighted by Gasteiger charge is -2.59. The van der Waals surface area contributed by atoms with Crippen LogP contribution in [-0.4, -0.2) is 58.9 Å². The standard InChI is InChI=1S/C32H38F2N4O5/c33-28(34)27-25(29(39)37-32(30(40)41)22-12-19-11-20(14-22)15-23(32)13-19)17-35-31(36-27)38-7-3-21-16-24(1-2-26(21)38)43-10-6-18-4-8-42-9-5-18/h1-2,16-20,22-23,28H,3-15H2,(H,37,39)(H,40,41). The zero-order valence-corrected chi connectivity index (χ0v) is 24.1. The molecular formula is C32H38F2N4O5. The highest BCUT2D eigenvalue weighted by molar-refractivity contribution is 5.99. The molecule has 2 aromatic rings. The second-order valence-corrected chi connectivity index (χ2v) is 13.1. The molecule has 4 bridgehead atoms. The first kappa shape index (κ1) is 28.4. The molecule has 2 N–H and O–H groups in total. The summed E-state index contributed by atoms with van der Waals surface area (Å²) in [7, 11) is 0. The van der Waals surface area contributed by atoms with Gasteiger partial charge in [-0.15, -0.1) is 0 Å². The number of carboxylic acid groups (broad SMARTS) is 1. The van der Waals surface area contributed by atoms with Crippen LogP contribution in [0.3, 0.4) is 0 Å². The van der Waals surface area contributed by atoms with Crippen molar-refractivity contribution in [2.75, 3.05) is 31.3 Å². The third kappa shape index (κ3) is 5.13. The Bertz CT molecular complexity index is 1370. The lowest BCUT2D eigenvalue weighted by molar-refractivity contribution is -0.163. The maximum atomic E-state index is 14.3. The summed E-state index contributed by atoms with van der Waals surface area (Å²) in [5.74, 6) is 0.116. The zero-order valence-electron chi connectivity index (χ0n) is 24.1. The van der Waals surface area contributed by atoms with Crippen LogP contribution in [0.1, 0.15) is 79.4 Å². The molecule has 1 aromatic heterocycles. The number of hydrogen-bond acceptors (Lipinski definition) is 7. The van der Waals surface area contributed by atoms with Crippen LogP contribution in [0.2, 0.25) is 0 Å². The molecular weight excluding hydrogens is 558 g/mol. The second kappa shape index (κ2) is 11.3. The molecule has 0 unspecified atom stereocenters. The molecule has 2 aliphatic heterocycles. The Morgan fingerprint density at radius 1 is 1.12 bits per heavy atom. The van der Waals surface area contributed by atoms with Gasteiger partial charge in [0, 0.05) is 31.6 Å². The Morgan fingerprint density at radius 2 is 1.84 bits per heavy atom. The van der Waals surface area contributed by atoms with Gasteiger partial charge in [0.2, 0.25) is 5.95 Å². The summed E-state index contributed by atoms with van der Waals surface area (Å²) in [5.41, 5.74) is -0.680. The summed E-state index contributed by atoms with van der Waals surface area (Å²) in [4.78, 5) is 36.5. The van der Waals surface area contributed by atoms with Crippen molar-refractivity contribution in [2.24, 2.45) is 29.6 Å². The average Bonchev–Trinajstić information content (AvgIpc) is 3.42. The molecule has 5 fully saturated rings. The van der Waals surface area contributed by atoms with Gasteiger partial charge >= 0.3 is 5.97 Å². The summed E-state index contributed by atoms with van der Waals surface area (Å²) >= 11 is 0. The van der Waals surface area contributed by atoms with E-state index in [0.717, 1.165) is 87.8 Å². The van der Waals surface area contributed by atoms with Gasteiger partial charge in [-0.1, -0.05) is 0 Å². The number of hydrogen-bond donors (Lipinski definition) is 2. The largest absolute Gasteiger partial charge is 0.494 e. The van der Waals surface area contributed by atoms with Crippen molar-refractivity contribution in [2.45, 2.75) is 69.8 Å². The Balaban J connectivity index is 1.08. The Kier molecular flexibility index (Phi) is 7.47. The van der Waals surface area contributed by atoms with Gasteiger partial charge in [0.25, 0.3) is 12.3 Å². The number of alkyl halides is 2. The summed E-state index contributed by atoms with van der Waals surface area (Å²) in [6, 6.07) is 5.74. The van der Waals surface area contributed by atoms with Crippen LogP contribution in [0, 0.1) is 29.6 Å². The highest BCUT2D eigenvalue weighted by atomic mass is 19.3. The van der Waals surface area contributed by atoms with E-state index in [-0.39, 0.29) is 23.3 Å². The summed E-state index contributed by atoms with van der Waals surface area (Å²) < 4.78 is 40.1. The lowest BCUT2D eigenvalue weighted by Crippen LogP contribution is -2.70. The number of nitrogens with one attached hydrogen (secondary N) is 1. The third-order valence-corrected chi connectivity index (χ3v) is 10.7. The number of amides is 1. The minimum absolute atomic E-state index is 0.0846. The van der Waals surface area contributed by atoms with E-state index in [0.29, 0.717) is 37.3 Å². The van der Waals surface area contributed by atoms with Gasteiger partial charge in [-0.25, -0.2) is 23.5 Å². The molecule has 6 aliphatic rings. The van der Waals surface area contributed by atoms with Crippen LogP contribution in [0.5, 0.6) is 5.75 Å². The highest BCUT2D eigenvalue weighted by Crippen LogP contribution is 2.58. The number of carboxylic acids is 1. The second-order valence-electron chi connectivity index (χ2n) is 13.1. The van der Waals surface area contributed by atoms with E-state index in [4.69, 9.17) is 9.47 Å². The average molecular weight is 597 g/mol. The van der Waals surface area contributed by atoms with Crippen molar-refractivity contribution in [3.8, 4) is 5.75 Å². The van der Waals surface area contributed by atoms with Crippen molar-refractivity contribution < 1.29 is 33.0 Å². The molecule has 1 saturated heterocycles. The highest BCUT2D eigenvalue weighted by Gasteiger charge is 2.62. The topological polar surface area (TPSA) is 114 Å². The van der Waals surface area contributed by atoms with Crippen molar-refractivity contribution >= 4 is 23.5 Å². The van der Waals surface area contributed by atoms with Crippen LogP contribution in [-0.2, 0) is 16.0 Å². The number of nitrogens with zero attached hydrogens (tertiary/aromatic N) is 3. The van der Waals surface area contributed by atoms with Crippen LogP contribution in [0.25, 0.3) is 0 Å². The monoisotopic (exact) mass is 596 g/mol. The molecule has 9 nitrogen and oxygen atoms in total. The van der Waals surface area contributed by atoms with Gasteiger partial charge in [-0.3, -0.25) is 4.79 Å². The van der Waals surface area contributed by atoms with E-state index < -0.39 is 29.5 Å². The van der Waals surface area contributed by atoms with Gasteiger partial charge in [0.15, 0.2) is 0 Å². The first-order valence-corrected chi connectivity index (χ1v) is 15.6. The number of carbonyl (C=O) groups is 2. The van der Waals surface area contributed by atoms with Crippen LogP contribution >= 0.6 is 0 Å². The van der Waals surface area contributed by atoms with E-state index in [2.05, 4.69) is 15.3 Å². The first-order chi connectivity index (χ1) is 20.8. The van der Waals surface area contributed by atoms with E-state index in [9.17, 15) is 23.5 Å². The fourth-order valence-electron chi connectivity index (χ4n) is 8.70. The number of aliphatic carboxylic acids is 1. The third-order valence-electron chi connectivity index (χ3n) is 10.7. The molecule has 4 saturated carbocycles. The van der Waals surface area contributed by atoms with Gasteiger partial charge in [-0.05, 0) is 111 Å². The normalized spacial score (nSPS) is 29.6. The smallest absolute Gasteiger partial charge is 0.330 e. The molecule has 11 heteroatoms. The lowest BCUT2D eigenvalue weighted by atomic mass is 9.48. The van der Waals surface area contributed by atoms with Crippen molar-refractivity contribution in [3.05, 3.63) is 41.2 Å². The van der Waals surface area contributed by atoms with Crippen LogP contribution in [0.4, 0.5) is 20.4 Å². The van der Waals surface area contributed by atoms with E-state index in [1.165, 1.54) is 0 Å². The predicted octanol–water partition coefficient (Wildman–Crippen LogP) is 5.31. The number of carbonyl (C=O) groups excluding carboxylic acids is 1. The predicted molar refractivity (Wildman–Crippen MR) is 153 cm³/mol. The zero-order chi connectivity index (χ0) is 29.7. The van der Waals surface area contributed by atoms with Crippen molar-refractivity contribution in [1.29, 1.82) is 0 Å². The molecule has 1 aromatic carbocycles.